The largest absolute Gasteiger partial charge is 0.481 e. The number of hydrogen-bond donors (Lipinski definition) is 4. The summed E-state index contributed by atoms with van der Waals surface area (Å²) in [5, 5.41) is 12.7. The van der Waals surface area contributed by atoms with Gasteiger partial charge in [0.15, 0.2) is 7.11 Å². The van der Waals surface area contributed by atoms with Crippen LogP contribution in [0.1, 0.15) is 17.5 Å². The third-order valence-corrected chi connectivity index (χ3v) is 4.90. The van der Waals surface area contributed by atoms with Gasteiger partial charge in [-0.1, -0.05) is 6.07 Å². The summed E-state index contributed by atoms with van der Waals surface area (Å²) in [5.41, 5.74) is 13.3. The Kier molecular flexibility index (Phi) is 4.31. The Labute approximate surface area is 160 Å². The van der Waals surface area contributed by atoms with E-state index >= 15 is 0 Å². The van der Waals surface area contributed by atoms with Crippen LogP contribution in [0.4, 0.5) is 11.4 Å². The van der Waals surface area contributed by atoms with Crippen molar-refractivity contribution in [2.75, 3.05) is 12.4 Å². The molecule has 0 aliphatic carbocycles. The van der Waals surface area contributed by atoms with E-state index in [1.807, 2.05) is 30.3 Å². The van der Waals surface area contributed by atoms with E-state index < -0.39 is 5.97 Å². The molecule has 2 heterocycles. The lowest BCUT2D eigenvalue weighted by Gasteiger charge is -2.09. The average molecular weight is 379 g/mol. The van der Waals surface area contributed by atoms with Crippen LogP contribution in [0.3, 0.4) is 0 Å². The monoisotopic (exact) mass is 379 g/mol. The topological polar surface area (TPSA) is 118 Å². The summed E-state index contributed by atoms with van der Waals surface area (Å²) in [7, 11) is 1.41. The molecule has 1 aromatic heterocycles. The summed E-state index contributed by atoms with van der Waals surface area (Å²) in [6, 6.07) is 11.0. The van der Waals surface area contributed by atoms with Gasteiger partial charge in [-0.3, -0.25) is 9.59 Å². The van der Waals surface area contributed by atoms with E-state index in [9.17, 15) is 9.59 Å². The Morgan fingerprint density at radius 3 is 2.86 bits per heavy atom. The Hall–Kier alpha value is -3.68. The molecule has 3 aromatic rings. The Morgan fingerprint density at radius 2 is 2.11 bits per heavy atom. The lowest BCUT2D eigenvalue weighted by molar-refractivity contribution is -0.786. The van der Waals surface area contributed by atoms with Crippen molar-refractivity contribution in [2.45, 2.75) is 19.3 Å². The number of carbonyl (C=O) groups is 2. The molecule has 0 saturated carbocycles. The Balaban J connectivity index is 1.88. The summed E-state index contributed by atoms with van der Waals surface area (Å²) in [6.07, 6.45) is 0.658. The van der Waals surface area contributed by atoms with Crippen LogP contribution in [-0.2, 0) is 27.3 Å². The van der Waals surface area contributed by atoms with Gasteiger partial charge in [-0.2, -0.15) is 0 Å². The summed E-state index contributed by atoms with van der Waals surface area (Å²) in [5.74, 6) is -0.973. The summed E-state index contributed by atoms with van der Waals surface area (Å²) >= 11 is 0. The molecule has 142 valence electrons. The first-order valence-corrected chi connectivity index (χ1v) is 8.81. The van der Waals surface area contributed by atoms with Gasteiger partial charge in [-0.25, -0.2) is 4.84 Å². The van der Waals surface area contributed by atoms with Gasteiger partial charge in [0.25, 0.3) is 5.69 Å². The third kappa shape index (κ3) is 3.09. The molecule has 0 unspecified atom stereocenters. The average Bonchev–Trinajstić information content (AvgIpc) is 2.96. The van der Waals surface area contributed by atoms with Gasteiger partial charge in [0.2, 0.25) is 5.91 Å². The van der Waals surface area contributed by atoms with Crippen molar-refractivity contribution in [3.63, 3.8) is 0 Å². The number of fused-ring (bicyclic) bond motifs is 5. The zero-order valence-corrected chi connectivity index (χ0v) is 15.2. The number of benzene rings is 2. The number of amides is 1. The highest BCUT2D eigenvalue weighted by Gasteiger charge is 2.24. The van der Waals surface area contributed by atoms with Gasteiger partial charge < -0.3 is 15.4 Å². The molecule has 4 rings (SSSR count). The molecular formula is C20H19N4O4+. The highest BCUT2D eigenvalue weighted by atomic mass is 16.7. The van der Waals surface area contributed by atoms with Gasteiger partial charge in [0.1, 0.15) is 4.86 Å². The van der Waals surface area contributed by atoms with Crippen LogP contribution in [0.2, 0.25) is 0 Å². The summed E-state index contributed by atoms with van der Waals surface area (Å²) in [4.78, 5) is 32.6. The quantitative estimate of drug-likeness (QED) is 0.308. The molecule has 0 spiro atoms. The van der Waals surface area contributed by atoms with E-state index in [2.05, 4.69) is 10.3 Å². The molecule has 0 atom stereocenters. The van der Waals surface area contributed by atoms with Crippen molar-refractivity contribution < 1.29 is 24.4 Å². The minimum Gasteiger partial charge on any atom is -0.481 e. The fraction of sp³-hybridized carbons (Fsp3) is 0.200. The molecule has 2 aromatic carbocycles. The maximum atomic E-state index is 12.5. The lowest BCUT2D eigenvalue weighted by Crippen LogP contribution is -2.12. The summed E-state index contributed by atoms with van der Waals surface area (Å²) < 4.78 is 0. The number of carboxylic acids is 1. The van der Waals surface area contributed by atoms with Gasteiger partial charge in [-0.15, -0.1) is 0 Å². The normalized spacial score (nSPS) is 12.7. The molecule has 8 nitrogen and oxygen atoms in total. The zero-order valence-electron chi connectivity index (χ0n) is 15.2. The van der Waals surface area contributed by atoms with Crippen LogP contribution in [0.25, 0.3) is 22.2 Å². The van der Waals surface area contributed by atoms with Crippen LogP contribution in [0.5, 0.6) is 0 Å². The molecule has 1 aliphatic rings. The van der Waals surface area contributed by atoms with E-state index in [-0.39, 0.29) is 18.7 Å². The number of rotatable bonds is 5. The van der Waals surface area contributed by atoms with Crippen LogP contribution < -0.4 is 5.32 Å². The minimum atomic E-state index is -0.847. The maximum absolute atomic E-state index is 12.5. The molecule has 0 bridgehead atoms. The van der Waals surface area contributed by atoms with Crippen LogP contribution in [0.15, 0.2) is 36.4 Å². The number of anilines is 1. The smallest absolute Gasteiger partial charge is 0.303 e. The second kappa shape index (κ2) is 6.80. The molecule has 1 amide bonds. The van der Waals surface area contributed by atoms with Crippen molar-refractivity contribution >= 4 is 34.2 Å². The second-order valence-corrected chi connectivity index (χ2v) is 6.68. The first kappa shape index (κ1) is 17.7. The number of aryl methyl sites for hydroxylation is 1. The molecule has 0 fully saturated rings. The number of H-pyrrole nitrogens is 1. The number of nitrogens with one attached hydrogen (secondary N) is 3. The highest BCUT2D eigenvalue weighted by Crippen LogP contribution is 2.39. The molecule has 28 heavy (non-hydrogen) atoms. The Bertz CT molecular complexity index is 1130. The van der Waals surface area contributed by atoms with Gasteiger partial charge >= 0.3 is 5.97 Å². The first-order chi connectivity index (χ1) is 13.5. The predicted octanol–water partition coefficient (Wildman–Crippen LogP) is 3.58. The number of nitrogens with zero attached hydrogens (tertiary/aromatic N) is 1. The van der Waals surface area contributed by atoms with E-state index in [0.717, 1.165) is 38.1 Å². The fourth-order valence-electron chi connectivity index (χ4n) is 3.55. The number of aliphatic carboxylic acids is 1. The second-order valence-electron chi connectivity index (χ2n) is 6.68. The van der Waals surface area contributed by atoms with Crippen LogP contribution in [-0.4, -0.2) is 33.9 Å². The molecular weight excluding hydrogens is 360 g/mol. The van der Waals surface area contributed by atoms with E-state index in [1.165, 1.54) is 7.11 Å². The molecule has 8 heteroatoms. The number of carbonyl (C=O) groups excluding carboxylic acids is 1. The number of hydrogen-bond acceptors (Lipinski definition) is 4. The van der Waals surface area contributed by atoms with Gasteiger partial charge in [0, 0.05) is 35.0 Å². The van der Waals surface area contributed by atoms with Crippen LogP contribution in [0, 0.1) is 5.53 Å². The highest BCUT2D eigenvalue weighted by molar-refractivity contribution is 6.05. The first-order valence-electron chi connectivity index (χ1n) is 8.81. The van der Waals surface area contributed by atoms with Crippen molar-refractivity contribution in [1.82, 2.24) is 4.98 Å². The van der Waals surface area contributed by atoms with Crippen molar-refractivity contribution in [1.29, 1.82) is 5.53 Å². The zero-order chi connectivity index (χ0) is 19.8. The summed E-state index contributed by atoms with van der Waals surface area (Å²) in [6.45, 7) is 0. The fourth-order valence-corrected chi connectivity index (χ4v) is 3.55. The standard InChI is InChI=1S/C20H18N4O4/c1-28-24(21)12-4-6-16-13(9-12)14-10-18(25)22-17-5-2-11(3-7-19(26)27)8-15(17)20(14)23-16/h2,4-6,8-9H,3,7,10,21H2,1H3,(H,26,27)/p+1. The minimum absolute atomic E-state index is 0.0460. The predicted molar refractivity (Wildman–Crippen MR) is 102 cm³/mol. The number of aromatic nitrogens is 1. The Morgan fingerprint density at radius 1 is 1.29 bits per heavy atom. The SMILES string of the molecule is CO[N+](=N)c1ccc2[nH]c3c(c2c1)CC(=O)Nc1ccc(CCC(=O)O)cc1-3. The molecule has 0 radical (unpaired) electrons. The van der Waals surface area contributed by atoms with E-state index in [1.54, 1.807) is 6.07 Å². The van der Waals surface area contributed by atoms with Crippen LogP contribution >= 0.6 is 0 Å². The van der Waals surface area contributed by atoms with E-state index in [0.29, 0.717) is 17.8 Å². The lowest BCUT2D eigenvalue weighted by atomic mass is 9.99. The molecule has 0 saturated heterocycles. The molecule has 4 N–H and O–H groups in total. The maximum Gasteiger partial charge on any atom is 0.303 e. The van der Waals surface area contributed by atoms with Crippen molar-refractivity contribution in [2.24, 2.45) is 0 Å². The van der Waals surface area contributed by atoms with E-state index in [4.69, 9.17) is 15.5 Å². The van der Waals surface area contributed by atoms with Gasteiger partial charge in [-0.05, 0) is 41.3 Å². The van der Waals surface area contributed by atoms with Gasteiger partial charge in [0.05, 0.1) is 17.8 Å². The number of carboxylic acid groups (broad SMARTS) is 1. The molecule has 1 aliphatic heterocycles. The van der Waals surface area contributed by atoms with Crippen molar-refractivity contribution in [3.8, 4) is 11.3 Å². The van der Waals surface area contributed by atoms with Crippen molar-refractivity contribution in [3.05, 3.63) is 47.5 Å². The number of aromatic amines is 1. The third-order valence-electron chi connectivity index (χ3n) is 4.90.